The van der Waals surface area contributed by atoms with Crippen LogP contribution >= 0.6 is 0 Å². The Kier molecular flexibility index (Phi) is 6.50. The van der Waals surface area contributed by atoms with Gasteiger partial charge in [-0.25, -0.2) is 4.79 Å². The van der Waals surface area contributed by atoms with Crippen molar-refractivity contribution < 1.29 is 23.9 Å². The van der Waals surface area contributed by atoms with Crippen molar-refractivity contribution in [1.82, 2.24) is 10.6 Å². The zero-order valence-corrected chi connectivity index (χ0v) is 18.5. The molecule has 4 N–H and O–H groups in total. The minimum atomic E-state index is -1.76. The topological polar surface area (TPSA) is 109 Å². The molecular formula is C20H31N3O5Si. The summed E-state index contributed by atoms with van der Waals surface area (Å²) >= 11 is 0. The van der Waals surface area contributed by atoms with Crippen LogP contribution in [0.15, 0.2) is 18.2 Å². The van der Waals surface area contributed by atoms with Gasteiger partial charge in [-0.05, 0) is 36.3 Å². The van der Waals surface area contributed by atoms with E-state index in [1.807, 2.05) is 18.2 Å². The van der Waals surface area contributed by atoms with Gasteiger partial charge in [0.15, 0.2) is 8.32 Å². The van der Waals surface area contributed by atoms with E-state index in [-0.39, 0.29) is 18.2 Å². The van der Waals surface area contributed by atoms with Crippen LogP contribution < -0.4 is 16.0 Å². The van der Waals surface area contributed by atoms with Crippen molar-refractivity contribution in [2.45, 2.75) is 63.7 Å². The molecule has 0 aliphatic carbocycles. The molecular weight excluding hydrogens is 390 g/mol. The van der Waals surface area contributed by atoms with Gasteiger partial charge < -0.3 is 30.2 Å². The molecule has 2 heterocycles. The van der Waals surface area contributed by atoms with Gasteiger partial charge in [-0.2, -0.15) is 0 Å². The lowest BCUT2D eigenvalue weighted by Gasteiger charge is -2.45. The zero-order valence-electron chi connectivity index (χ0n) is 17.5. The fraction of sp³-hybridized carbons (Fsp3) is 0.600. The van der Waals surface area contributed by atoms with Crippen molar-refractivity contribution in [2.24, 2.45) is 0 Å². The Morgan fingerprint density at radius 2 is 2.10 bits per heavy atom. The summed E-state index contributed by atoms with van der Waals surface area (Å²) in [5.74, 6) is -1.08. The summed E-state index contributed by atoms with van der Waals surface area (Å²) in [6.07, 6.45) is 0.930. The van der Waals surface area contributed by atoms with E-state index in [4.69, 9.17) is 14.3 Å². The van der Waals surface area contributed by atoms with E-state index in [2.05, 4.69) is 42.9 Å². The quantitative estimate of drug-likeness (QED) is 0.504. The Balaban J connectivity index is 1.62. The van der Waals surface area contributed by atoms with Crippen molar-refractivity contribution in [3.63, 3.8) is 0 Å². The molecule has 1 aromatic carbocycles. The summed E-state index contributed by atoms with van der Waals surface area (Å²) in [5.41, 5.74) is 3.61. The van der Waals surface area contributed by atoms with Gasteiger partial charge in [-0.1, -0.05) is 19.9 Å². The Morgan fingerprint density at radius 3 is 2.79 bits per heavy atom. The average molecular weight is 422 g/mol. The largest absolute Gasteiger partial charge is 0.480 e. The molecule has 3 rings (SSSR count). The standard InChI is InChI=1S/C20H31N3O5Si/c1-12(2)29(3,4)28-18-11-27-17-8-16(18)23-15-6-5-13(7-14(15)17)9-21-20(26)22-10-19(24)25/h5-7,12,16-18,23H,8-11H2,1-4H3,(H,24,25)(H2,21,22,26)/t16-,17?,18-/m1/s1. The number of rotatable bonds is 7. The first-order valence-electron chi connectivity index (χ1n) is 10.1. The molecule has 2 aliphatic heterocycles. The fourth-order valence-electron chi connectivity index (χ4n) is 3.51. The van der Waals surface area contributed by atoms with E-state index in [1.165, 1.54) is 0 Å². The molecule has 1 fully saturated rings. The number of anilines is 1. The predicted molar refractivity (Wildman–Crippen MR) is 112 cm³/mol. The second-order valence-corrected chi connectivity index (χ2v) is 13.2. The Morgan fingerprint density at radius 1 is 1.34 bits per heavy atom. The smallest absolute Gasteiger partial charge is 0.323 e. The van der Waals surface area contributed by atoms with Crippen LogP contribution in [0.4, 0.5) is 10.5 Å². The first-order chi connectivity index (χ1) is 13.7. The number of amides is 2. The van der Waals surface area contributed by atoms with E-state index in [0.717, 1.165) is 23.2 Å². The number of carboxylic acids is 1. The molecule has 2 amide bonds. The van der Waals surface area contributed by atoms with Crippen molar-refractivity contribution in [1.29, 1.82) is 0 Å². The molecule has 1 aromatic rings. The normalized spacial score (nSPS) is 23.1. The number of benzene rings is 1. The minimum absolute atomic E-state index is 0.0146. The third-order valence-corrected chi connectivity index (χ3v) is 9.57. The Labute approximate surface area is 172 Å². The van der Waals surface area contributed by atoms with Crippen LogP contribution in [0.3, 0.4) is 0 Å². The lowest BCUT2D eigenvalue weighted by molar-refractivity contribution is -0.135. The molecule has 29 heavy (non-hydrogen) atoms. The van der Waals surface area contributed by atoms with Crippen LogP contribution in [0.25, 0.3) is 0 Å². The molecule has 2 bridgehead atoms. The van der Waals surface area contributed by atoms with Gasteiger partial charge in [0, 0.05) is 24.2 Å². The van der Waals surface area contributed by atoms with E-state index >= 15 is 0 Å². The van der Waals surface area contributed by atoms with Crippen molar-refractivity contribution >= 4 is 26.0 Å². The molecule has 0 saturated carbocycles. The van der Waals surface area contributed by atoms with E-state index in [9.17, 15) is 9.59 Å². The van der Waals surface area contributed by atoms with Crippen LogP contribution in [0, 0.1) is 0 Å². The van der Waals surface area contributed by atoms with Gasteiger partial charge in [0.05, 0.1) is 24.9 Å². The van der Waals surface area contributed by atoms with E-state index < -0.39 is 26.9 Å². The second kappa shape index (κ2) is 8.72. The summed E-state index contributed by atoms with van der Waals surface area (Å²) in [4.78, 5) is 22.1. The Hall–Kier alpha value is -2.10. The summed E-state index contributed by atoms with van der Waals surface area (Å²) in [6.45, 7) is 9.44. The number of aliphatic carboxylic acids is 1. The van der Waals surface area contributed by atoms with Crippen molar-refractivity contribution in [3.8, 4) is 0 Å². The summed E-state index contributed by atoms with van der Waals surface area (Å²) in [7, 11) is -1.76. The van der Waals surface area contributed by atoms with Crippen molar-refractivity contribution in [3.05, 3.63) is 29.3 Å². The molecule has 8 nitrogen and oxygen atoms in total. The van der Waals surface area contributed by atoms with E-state index in [1.54, 1.807) is 0 Å². The molecule has 2 aliphatic rings. The predicted octanol–water partition coefficient (Wildman–Crippen LogP) is 2.83. The fourth-order valence-corrected chi connectivity index (χ4v) is 4.79. The van der Waals surface area contributed by atoms with Gasteiger partial charge in [0.2, 0.25) is 0 Å². The number of carbonyl (C=O) groups is 2. The highest BCUT2D eigenvalue weighted by Gasteiger charge is 2.41. The SMILES string of the molecule is CC(C)[Si](C)(C)O[C@@H]1COC2C[C@H]1Nc1ccc(CNC(=O)NCC(=O)O)cc12. The molecule has 9 heteroatoms. The Bertz CT molecular complexity index is 770. The maximum absolute atomic E-state index is 11.6. The first-order valence-corrected chi connectivity index (χ1v) is 13.1. The highest BCUT2D eigenvalue weighted by atomic mass is 28.4. The number of hydrogen-bond donors (Lipinski definition) is 4. The maximum Gasteiger partial charge on any atom is 0.323 e. The van der Waals surface area contributed by atoms with Crippen molar-refractivity contribution in [2.75, 3.05) is 18.5 Å². The number of fused-ring (bicyclic) bond motifs is 4. The third-order valence-electron chi connectivity index (χ3n) is 5.88. The number of ether oxygens (including phenoxy) is 1. The molecule has 1 unspecified atom stereocenters. The highest BCUT2D eigenvalue weighted by molar-refractivity contribution is 6.72. The van der Waals surface area contributed by atoms with Gasteiger partial charge >= 0.3 is 12.0 Å². The monoisotopic (exact) mass is 421 g/mol. The zero-order chi connectivity index (χ0) is 21.2. The van der Waals surface area contributed by atoms with Gasteiger partial charge in [-0.3, -0.25) is 4.79 Å². The number of carboxylic acid groups (broad SMARTS) is 1. The van der Waals surface area contributed by atoms with Crippen LogP contribution in [0.5, 0.6) is 0 Å². The van der Waals surface area contributed by atoms with Crippen LogP contribution in [0.2, 0.25) is 18.6 Å². The second-order valence-electron chi connectivity index (χ2n) is 8.57. The third kappa shape index (κ3) is 5.29. The van der Waals surface area contributed by atoms with E-state index in [0.29, 0.717) is 18.7 Å². The number of nitrogens with one attached hydrogen (secondary N) is 3. The van der Waals surface area contributed by atoms with Crippen LogP contribution in [0.1, 0.15) is 37.5 Å². The number of hydrogen-bond acceptors (Lipinski definition) is 5. The lowest BCUT2D eigenvalue weighted by Crippen LogP contribution is -2.52. The highest BCUT2D eigenvalue weighted by Crippen LogP contribution is 2.41. The minimum Gasteiger partial charge on any atom is -0.480 e. The summed E-state index contributed by atoms with van der Waals surface area (Å²) < 4.78 is 12.7. The molecule has 1 saturated heterocycles. The van der Waals surface area contributed by atoms with Gasteiger partial charge in [0.25, 0.3) is 0 Å². The molecule has 160 valence electrons. The van der Waals surface area contributed by atoms with Gasteiger partial charge in [-0.15, -0.1) is 0 Å². The summed E-state index contributed by atoms with van der Waals surface area (Å²) in [5, 5.41) is 17.2. The number of urea groups is 1. The molecule has 0 spiro atoms. The first kappa shape index (κ1) is 21.6. The molecule has 0 aromatic heterocycles. The van der Waals surface area contributed by atoms with Crippen LogP contribution in [-0.4, -0.2) is 50.7 Å². The summed E-state index contributed by atoms with van der Waals surface area (Å²) in [6, 6.07) is 5.73. The van der Waals surface area contributed by atoms with Gasteiger partial charge in [0.1, 0.15) is 6.54 Å². The average Bonchev–Trinajstić information content (AvgIpc) is 2.66. The van der Waals surface area contributed by atoms with Crippen LogP contribution in [-0.2, 0) is 20.5 Å². The lowest BCUT2D eigenvalue weighted by atomic mass is 9.89. The number of carbonyl (C=O) groups excluding carboxylic acids is 1. The maximum atomic E-state index is 11.6. The molecule has 3 atom stereocenters. The molecule has 0 radical (unpaired) electrons.